The van der Waals surface area contributed by atoms with Gasteiger partial charge in [0.1, 0.15) is 0 Å². The SMILES string of the molecule is CC1CCC(CNc2nc(C(=O)O)cs2)C1. The molecular formula is C11H16N2O2S. The summed E-state index contributed by atoms with van der Waals surface area (Å²) in [5.41, 5.74) is 0.132. The maximum Gasteiger partial charge on any atom is 0.355 e. The van der Waals surface area contributed by atoms with Gasteiger partial charge in [0.2, 0.25) is 0 Å². The molecule has 1 aliphatic carbocycles. The van der Waals surface area contributed by atoms with Crippen LogP contribution in [0.1, 0.15) is 36.7 Å². The van der Waals surface area contributed by atoms with Crippen LogP contribution in [-0.2, 0) is 0 Å². The summed E-state index contributed by atoms with van der Waals surface area (Å²) in [4.78, 5) is 14.6. The molecule has 5 heteroatoms. The molecule has 1 fully saturated rings. The molecule has 1 heterocycles. The maximum atomic E-state index is 10.6. The zero-order chi connectivity index (χ0) is 11.5. The first-order valence-electron chi connectivity index (χ1n) is 5.58. The van der Waals surface area contributed by atoms with E-state index in [2.05, 4.69) is 17.2 Å². The molecule has 0 aromatic carbocycles. The van der Waals surface area contributed by atoms with Gasteiger partial charge in [-0.05, 0) is 24.7 Å². The van der Waals surface area contributed by atoms with Gasteiger partial charge >= 0.3 is 5.97 Å². The number of hydrogen-bond donors (Lipinski definition) is 2. The highest BCUT2D eigenvalue weighted by atomic mass is 32.1. The second-order valence-electron chi connectivity index (χ2n) is 4.51. The van der Waals surface area contributed by atoms with Gasteiger partial charge in [0.25, 0.3) is 0 Å². The first kappa shape index (κ1) is 11.4. The second kappa shape index (κ2) is 4.82. The molecule has 0 radical (unpaired) electrons. The molecule has 1 aromatic rings. The summed E-state index contributed by atoms with van der Waals surface area (Å²) in [6.45, 7) is 3.20. The number of nitrogens with zero attached hydrogens (tertiary/aromatic N) is 1. The number of carbonyl (C=O) groups is 1. The smallest absolute Gasteiger partial charge is 0.355 e. The van der Waals surface area contributed by atoms with Crippen molar-refractivity contribution in [2.75, 3.05) is 11.9 Å². The highest BCUT2D eigenvalue weighted by molar-refractivity contribution is 7.13. The van der Waals surface area contributed by atoms with Gasteiger partial charge in [0, 0.05) is 11.9 Å². The van der Waals surface area contributed by atoms with Gasteiger partial charge in [-0.25, -0.2) is 9.78 Å². The van der Waals surface area contributed by atoms with Gasteiger partial charge in [-0.3, -0.25) is 0 Å². The van der Waals surface area contributed by atoms with E-state index in [9.17, 15) is 4.79 Å². The lowest BCUT2D eigenvalue weighted by atomic mass is 10.1. The molecule has 0 saturated heterocycles. The van der Waals surface area contributed by atoms with Gasteiger partial charge in [0.15, 0.2) is 10.8 Å². The molecule has 1 aromatic heterocycles. The number of nitrogens with one attached hydrogen (secondary N) is 1. The van der Waals surface area contributed by atoms with Gasteiger partial charge in [-0.2, -0.15) is 0 Å². The molecule has 16 heavy (non-hydrogen) atoms. The van der Waals surface area contributed by atoms with Crippen LogP contribution in [0.3, 0.4) is 0 Å². The largest absolute Gasteiger partial charge is 0.476 e. The van der Waals surface area contributed by atoms with Crippen LogP contribution in [0.2, 0.25) is 0 Å². The Hall–Kier alpha value is -1.10. The number of aromatic carboxylic acids is 1. The summed E-state index contributed by atoms with van der Waals surface area (Å²) >= 11 is 1.36. The van der Waals surface area contributed by atoms with Crippen molar-refractivity contribution in [1.29, 1.82) is 0 Å². The number of anilines is 1. The molecule has 0 spiro atoms. The van der Waals surface area contributed by atoms with Crippen LogP contribution in [0.25, 0.3) is 0 Å². The topological polar surface area (TPSA) is 62.2 Å². The van der Waals surface area contributed by atoms with Crippen molar-refractivity contribution in [3.05, 3.63) is 11.1 Å². The van der Waals surface area contributed by atoms with Crippen molar-refractivity contribution in [2.45, 2.75) is 26.2 Å². The standard InChI is InChI=1S/C11H16N2O2S/c1-7-2-3-8(4-7)5-12-11-13-9(6-16-11)10(14)15/h6-8H,2-5H2,1H3,(H,12,13)(H,14,15). The molecule has 88 valence electrons. The van der Waals surface area contributed by atoms with Crippen molar-refractivity contribution < 1.29 is 9.90 Å². The third kappa shape index (κ3) is 2.72. The Morgan fingerprint density at radius 1 is 1.69 bits per heavy atom. The number of thiazole rings is 1. The Balaban J connectivity index is 1.83. The van der Waals surface area contributed by atoms with E-state index in [1.807, 2.05) is 0 Å². The van der Waals surface area contributed by atoms with Crippen molar-refractivity contribution in [3.8, 4) is 0 Å². The molecule has 2 atom stereocenters. The van der Waals surface area contributed by atoms with E-state index >= 15 is 0 Å². The fourth-order valence-electron chi connectivity index (χ4n) is 2.20. The molecule has 0 aliphatic heterocycles. The van der Waals surface area contributed by atoms with Crippen LogP contribution < -0.4 is 5.32 Å². The molecule has 2 unspecified atom stereocenters. The summed E-state index contributed by atoms with van der Waals surface area (Å²) in [5, 5.41) is 14.2. The van der Waals surface area contributed by atoms with Gasteiger partial charge < -0.3 is 10.4 Å². The van der Waals surface area contributed by atoms with E-state index in [1.54, 1.807) is 5.38 Å². The monoisotopic (exact) mass is 240 g/mol. The van der Waals surface area contributed by atoms with Crippen LogP contribution in [0.4, 0.5) is 5.13 Å². The molecule has 4 nitrogen and oxygen atoms in total. The number of carboxylic acids is 1. The van der Waals surface area contributed by atoms with Crippen molar-refractivity contribution in [1.82, 2.24) is 4.98 Å². The molecular weight excluding hydrogens is 224 g/mol. The highest BCUT2D eigenvalue weighted by Gasteiger charge is 2.21. The Labute approximate surface area is 98.7 Å². The molecule has 2 N–H and O–H groups in total. The molecule has 2 rings (SSSR count). The summed E-state index contributed by atoms with van der Waals surface area (Å²) in [6, 6.07) is 0. The lowest BCUT2D eigenvalue weighted by Crippen LogP contribution is -2.11. The second-order valence-corrected chi connectivity index (χ2v) is 5.37. The predicted molar refractivity (Wildman–Crippen MR) is 64.1 cm³/mol. The van der Waals surface area contributed by atoms with Gasteiger partial charge in [-0.15, -0.1) is 11.3 Å². The lowest BCUT2D eigenvalue weighted by Gasteiger charge is -2.09. The van der Waals surface area contributed by atoms with E-state index in [1.165, 1.54) is 30.6 Å². The fraction of sp³-hybridized carbons (Fsp3) is 0.636. The zero-order valence-electron chi connectivity index (χ0n) is 9.27. The fourth-order valence-corrected chi connectivity index (χ4v) is 2.89. The maximum absolute atomic E-state index is 10.6. The van der Waals surface area contributed by atoms with Crippen molar-refractivity contribution in [2.24, 2.45) is 11.8 Å². The average Bonchev–Trinajstić information content (AvgIpc) is 2.83. The molecule has 1 saturated carbocycles. The van der Waals surface area contributed by atoms with E-state index < -0.39 is 5.97 Å². The number of rotatable bonds is 4. The van der Waals surface area contributed by atoms with E-state index in [0.29, 0.717) is 5.92 Å². The number of hydrogen-bond acceptors (Lipinski definition) is 4. The van der Waals surface area contributed by atoms with Crippen LogP contribution >= 0.6 is 11.3 Å². The van der Waals surface area contributed by atoms with E-state index in [-0.39, 0.29) is 5.69 Å². The highest BCUT2D eigenvalue weighted by Crippen LogP contribution is 2.30. The number of carboxylic acid groups (broad SMARTS) is 1. The zero-order valence-corrected chi connectivity index (χ0v) is 10.1. The lowest BCUT2D eigenvalue weighted by molar-refractivity contribution is 0.0691. The Morgan fingerprint density at radius 2 is 2.50 bits per heavy atom. The van der Waals surface area contributed by atoms with Crippen LogP contribution in [0.5, 0.6) is 0 Å². The van der Waals surface area contributed by atoms with Crippen LogP contribution in [0, 0.1) is 11.8 Å². The van der Waals surface area contributed by atoms with E-state index in [0.717, 1.165) is 17.6 Å². The van der Waals surface area contributed by atoms with Crippen LogP contribution in [0.15, 0.2) is 5.38 Å². The first-order chi connectivity index (χ1) is 7.65. The Kier molecular flexibility index (Phi) is 3.43. The Bertz CT molecular complexity index is 378. The Morgan fingerprint density at radius 3 is 3.06 bits per heavy atom. The van der Waals surface area contributed by atoms with Crippen LogP contribution in [-0.4, -0.2) is 22.6 Å². The average molecular weight is 240 g/mol. The summed E-state index contributed by atoms with van der Waals surface area (Å²) in [5.74, 6) is 0.587. The predicted octanol–water partition coefficient (Wildman–Crippen LogP) is 2.69. The molecule has 0 bridgehead atoms. The minimum Gasteiger partial charge on any atom is -0.476 e. The van der Waals surface area contributed by atoms with E-state index in [4.69, 9.17) is 5.11 Å². The van der Waals surface area contributed by atoms with Gasteiger partial charge in [0.05, 0.1) is 0 Å². The molecule has 1 aliphatic rings. The molecule has 0 amide bonds. The minimum atomic E-state index is -0.959. The van der Waals surface area contributed by atoms with Crippen molar-refractivity contribution >= 4 is 22.4 Å². The van der Waals surface area contributed by atoms with Crippen molar-refractivity contribution in [3.63, 3.8) is 0 Å². The number of aromatic nitrogens is 1. The van der Waals surface area contributed by atoms with Gasteiger partial charge in [-0.1, -0.05) is 13.3 Å². The first-order valence-corrected chi connectivity index (χ1v) is 6.46. The quantitative estimate of drug-likeness (QED) is 0.849. The summed E-state index contributed by atoms with van der Waals surface area (Å²) in [7, 11) is 0. The normalized spacial score (nSPS) is 24.6. The summed E-state index contributed by atoms with van der Waals surface area (Å²) in [6.07, 6.45) is 3.85. The summed E-state index contributed by atoms with van der Waals surface area (Å²) < 4.78 is 0. The third-order valence-electron chi connectivity index (χ3n) is 3.07. The minimum absolute atomic E-state index is 0.132. The third-order valence-corrected chi connectivity index (χ3v) is 3.87.